The smallest absolute Gasteiger partial charge is 0.414 e. The van der Waals surface area contributed by atoms with E-state index in [2.05, 4.69) is 21.6 Å². The Kier molecular flexibility index (Phi) is 6.21. The summed E-state index contributed by atoms with van der Waals surface area (Å²) in [6.07, 6.45) is 1.67. The second-order valence-electron chi connectivity index (χ2n) is 7.92. The third-order valence-corrected chi connectivity index (χ3v) is 5.54. The normalized spacial score (nSPS) is 18.2. The molecule has 1 saturated heterocycles. The van der Waals surface area contributed by atoms with Crippen LogP contribution < -0.4 is 10.2 Å². The van der Waals surface area contributed by atoms with Crippen molar-refractivity contribution in [1.29, 1.82) is 0 Å². The van der Waals surface area contributed by atoms with Crippen molar-refractivity contribution in [2.45, 2.75) is 26.4 Å². The summed E-state index contributed by atoms with van der Waals surface area (Å²) in [5.41, 5.74) is 5.99. The van der Waals surface area contributed by atoms with Crippen molar-refractivity contribution in [2.75, 3.05) is 20.7 Å². The van der Waals surface area contributed by atoms with Crippen molar-refractivity contribution in [3.63, 3.8) is 0 Å². The number of hydrogen-bond acceptors (Lipinski definition) is 6. The number of carbonyl (C=O) groups is 2. The van der Waals surface area contributed by atoms with Crippen molar-refractivity contribution in [2.24, 2.45) is 10.1 Å². The van der Waals surface area contributed by atoms with Crippen LogP contribution in [0.5, 0.6) is 5.75 Å². The molecular formula is C24H27N6O3+. The van der Waals surface area contributed by atoms with Crippen LogP contribution in [0.15, 0.2) is 58.6 Å². The molecule has 1 atom stereocenters. The molecule has 2 aliphatic heterocycles. The highest BCUT2D eigenvalue weighted by Gasteiger charge is 2.51. The second kappa shape index (κ2) is 9.23. The molecular weight excluding hydrogens is 420 g/mol. The number of likely N-dealkylation sites (N-methyl/N-ethyl adjacent to an activating group) is 2. The van der Waals surface area contributed by atoms with E-state index in [4.69, 9.17) is 4.74 Å². The molecule has 0 radical (unpaired) electrons. The molecule has 0 saturated carbocycles. The summed E-state index contributed by atoms with van der Waals surface area (Å²) in [6, 6.07) is 14.5. The molecule has 1 unspecified atom stereocenters. The van der Waals surface area contributed by atoms with Gasteiger partial charge in [0.25, 0.3) is 5.91 Å². The van der Waals surface area contributed by atoms with E-state index >= 15 is 0 Å². The van der Waals surface area contributed by atoms with Gasteiger partial charge in [0.05, 0.1) is 19.4 Å². The maximum Gasteiger partial charge on any atom is 0.414 e. The molecule has 2 heterocycles. The summed E-state index contributed by atoms with van der Waals surface area (Å²) >= 11 is 0. The van der Waals surface area contributed by atoms with E-state index in [0.29, 0.717) is 24.9 Å². The molecule has 2 aliphatic rings. The Bertz CT molecular complexity index is 1170. The van der Waals surface area contributed by atoms with Crippen LogP contribution in [0, 0.1) is 6.92 Å². The fraction of sp³-hybridized carbons (Fsp3) is 0.292. The van der Waals surface area contributed by atoms with Crippen LogP contribution in [0.2, 0.25) is 0 Å². The maximum atomic E-state index is 13.0. The van der Waals surface area contributed by atoms with E-state index in [1.165, 1.54) is 11.9 Å². The van der Waals surface area contributed by atoms with Crippen molar-refractivity contribution in [1.82, 2.24) is 15.2 Å². The number of rotatable bonds is 6. The number of fused-ring (bicyclic) bond motifs is 1. The van der Waals surface area contributed by atoms with Crippen molar-refractivity contribution >= 4 is 29.9 Å². The SMILES string of the molecule is CCOc1ccc(/C=N/NC2=[N+](Cc3cccc(C)c3)C3C(=O)N(C)C(=O)N(C)C3=N2)cc1. The van der Waals surface area contributed by atoms with Gasteiger partial charge >= 0.3 is 12.0 Å². The van der Waals surface area contributed by atoms with Gasteiger partial charge in [-0.2, -0.15) is 5.43 Å². The number of amides is 3. The number of urea groups is 1. The molecule has 1 N–H and O–H groups in total. The number of imide groups is 1. The quantitative estimate of drug-likeness (QED) is 0.418. The van der Waals surface area contributed by atoms with Gasteiger partial charge in [0.2, 0.25) is 11.9 Å². The summed E-state index contributed by atoms with van der Waals surface area (Å²) in [6.45, 7) is 5.00. The lowest BCUT2D eigenvalue weighted by atomic mass is 10.1. The predicted molar refractivity (Wildman–Crippen MR) is 126 cm³/mol. The molecule has 33 heavy (non-hydrogen) atoms. The minimum atomic E-state index is -0.707. The fourth-order valence-electron chi connectivity index (χ4n) is 3.84. The zero-order chi connectivity index (χ0) is 23.5. The summed E-state index contributed by atoms with van der Waals surface area (Å²) in [5.74, 6) is 1.26. The first-order valence-electron chi connectivity index (χ1n) is 10.7. The van der Waals surface area contributed by atoms with Gasteiger partial charge in [-0.15, -0.1) is 5.10 Å². The highest BCUT2D eigenvalue weighted by molar-refractivity contribution is 6.22. The molecule has 9 heteroatoms. The van der Waals surface area contributed by atoms with Gasteiger partial charge in [-0.1, -0.05) is 34.8 Å². The lowest BCUT2D eigenvalue weighted by Gasteiger charge is -2.31. The van der Waals surface area contributed by atoms with E-state index in [1.807, 2.05) is 60.9 Å². The number of hydrazone groups is 1. The topological polar surface area (TPSA) is 89.6 Å². The van der Waals surface area contributed by atoms with Crippen LogP contribution in [0.25, 0.3) is 0 Å². The number of aryl methyl sites for hydroxylation is 1. The lowest BCUT2D eigenvalue weighted by molar-refractivity contribution is -0.553. The molecule has 9 nitrogen and oxygen atoms in total. The van der Waals surface area contributed by atoms with E-state index in [0.717, 1.165) is 27.3 Å². The van der Waals surface area contributed by atoms with Gasteiger partial charge in [-0.3, -0.25) is 14.6 Å². The predicted octanol–water partition coefficient (Wildman–Crippen LogP) is 2.19. The first-order chi connectivity index (χ1) is 15.9. The van der Waals surface area contributed by atoms with Crippen LogP contribution in [-0.2, 0) is 11.3 Å². The van der Waals surface area contributed by atoms with Crippen LogP contribution >= 0.6 is 0 Å². The largest absolute Gasteiger partial charge is 0.494 e. The average Bonchev–Trinajstić information content (AvgIpc) is 3.16. The Morgan fingerprint density at radius 2 is 1.91 bits per heavy atom. The van der Waals surface area contributed by atoms with Crippen LogP contribution in [0.3, 0.4) is 0 Å². The molecule has 170 valence electrons. The summed E-state index contributed by atoms with van der Waals surface area (Å²) in [7, 11) is 3.10. The van der Waals surface area contributed by atoms with Crippen molar-refractivity contribution in [3.8, 4) is 5.75 Å². The summed E-state index contributed by atoms with van der Waals surface area (Å²) < 4.78 is 7.30. The van der Waals surface area contributed by atoms with E-state index in [-0.39, 0.29) is 5.91 Å². The molecule has 1 fully saturated rings. The number of carbonyl (C=O) groups excluding carboxylic acids is 2. The van der Waals surface area contributed by atoms with Crippen molar-refractivity contribution in [3.05, 3.63) is 65.2 Å². The second-order valence-corrected chi connectivity index (χ2v) is 7.92. The molecule has 2 aromatic rings. The van der Waals surface area contributed by atoms with Crippen LogP contribution in [0.1, 0.15) is 23.6 Å². The minimum Gasteiger partial charge on any atom is -0.494 e. The number of benzene rings is 2. The monoisotopic (exact) mass is 447 g/mol. The van der Waals surface area contributed by atoms with Crippen LogP contribution in [0.4, 0.5) is 4.79 Å². The van der Waals surface area contributed by atoms with E-state index < -0.39 is 12.1 Å². The third kappa shape index (κ3) is 4.48. The van der Waals surface area contributed by atoms with Gasteiger partial charge in [0.1, 0.15) is 5.75 Å². The Balaban J connectivity index is 1.63. The van der Waals surface area contributed by atoms with E-state index in [9.17, 15) is 9.59 Å². The fourth-order valence-corrected chi connectivity index (χ4v) is 3.84. The summed E-state index contributed by atoms with van der Waals surface area (Å²) in [5, 5.41) is 4.32. The van der Waals surface area contributed by atoms with Gasteiger partial charge in [-0.05, 0) is 49.2 Å². The number of nitrogens with zero attached hydrogens (tertiary/aromatic N) is 5. The maximum absolute atomic E-state index is 13.0. The number of guanidine groups is 1. The van der Waals surface area contributed by atoms with Crippen molar-refractivity contribution < 1.29 is 18.9 Å². The molecule has 0 aliphatic carbocycles. The molecule has 4 rings (SSSR count). The first-order valence-corrected chi connectivity index (χ1v) is 10.7. The molecule has 0 spiro atoms. The van der Waals surface area contributed by atoms with E-state index in [1.54, 1.807) is 13.3 Å². The molecule has 0 bridgehead atoms. The Hall–Kier alpha value is -4.01. The Morgan fingerprint density at radius 1 is 1.15 bits per heavy atom. The van der Waals surface area contributed by atoms with Gasteiger partial charge in [0.15, 0.2) is 0 Å². The minimum absolute atomic E-state index is 0.322. The standard InChI is InChI=1S/C24H26N6O3/c1-5-33-19-11-9-17(10-12-19)14-25-27-23-26-21-20(22(31)29(4)24(32)28(21)3)30(23)15-18-8-6-7-16(2)13-18/h6-14,20H,5,15H2,1-4H3/p+1/b25-14+. The Morgan fingerprint density at radius 3 is 2.61 bits per heavy atom. The van der Waals surface area contributed by atoms with Gasteiger partial charge in [0, 0.05) is 14.1 Å². The summed E-state index contributed by atoms with van der Waals surface area (Å²) in [4.78, 5) is 32.5. The zero-order valence-corrected chi connectivity index (χ0v) is 19.1. The van der Waals surface area contributed by atoms with Crippen LogP contribution in [-0.4, -0.2) is 71.1 Å². The molecule has 2 aromatic carbocycles. The number of aliphatic imine (C=N–C) groups is 1. The first kappa shape index (κ1) is 22.2. The molecule has 3 amide bonds. The average molecular weight is 448 g/mol. The number of ether oxygens (including phenoxy) is 1. The van der Waals surface area contributed by atoms with Gasteiger partial charge in [-0.25, -0.2) is 9.37 Å². The molecule has 0 aromatic heterocycles. The highest BCUT2D eigenvalue weighted by Crippen LogP contribution is 2.20. The zero-order valence-electron chi connectivity index (χ0n) is 19.1. The van der Waals surface area contributed by atoms with Gasteiger partial charge < -0.3 is 4.74 Å². The highest BCUT2D eigenvalue weighted by atomic mass is 16.5. The number of nitrogens with one attached hydrogen (secondary N) is 1. The third-order valence-electron chi connectivity index (χ3n) is 5.54. The Labute approximate surface area is 192 Å². The number of hydrogen-bond donors (Lipinski definition) is 1. The number of amidine groups is 1. The lowest BCUT2D eigenvalue weighted by Crippen LogP contribution is -2.61.